The van der Waals surface area contributed by atoms with Gasteiger partial charge < -0.3 is 5.32 Å². The van der Waals surface area contributed by atoms with Gasteiger partial charge in [0.05, 0.1) is 10.8 Å². The van der Waals surface area contributed by atoms with E-state index in [2.05, 4.69) is 5.32 Å². The van der Waals surface area contributed by atoms with Gasteiger partial charge in [0.1, 0.15) is 10.7 Å². The van der Waals surface area contributed by atoms with Crippen LogP contribution in [0.1, 0.15) is 5.56 Å². The molecule has 1 N–H and O–H groups in total. The smallest absolute Gasteiger partial charge is 0.262 e. The van der Waals surface area contributed by atoms with Crippen LogP contribution in [0.15, 0.2) is 35.3 Å². The minimum Gasteiger partial charge on any atom is -0.350 e. The van der Waals surface area contributed by atoms with Crippen molar-refractivity contribution in [3.8, 4) is 0 Å². The Hall–Kier alpha value is -1.66. The fourth-order valence-corrected chi connectivity index (χ4v) is 3.15. The molecule has 2 rings (SSSR count). The highest BCUT2D eigenvalue weighted by atomic mass is 35.5. The van der Waals surface area contributed by atoms with Gasteiger partial charge in [-0.2, -0.15) is 0 Å². The van der Waals surface area contributed by atoms with Crippen LogP contribution in [0, 0.1) is 5.82 Å². The molecule has 0 atom stereocenters. The fraction of sp³-hybridized carbons (Fsp3) is 0.154. The molecule has 1 saturated heterocycles. The lowest BCUT2D eigenvalue weighted by molar-refractivity contribution is -0.116. The highest BCUT2D eigenvalue weighted by molar-refractivity contribution is 7.96. The predicted octanol–water partition coefficient (Wildman–Crippen LogP) is 1.92. The number of halogens is 2. The summed E-state index contributed by atoms with van der Waals surface area (Å²) in [5, 5.41) is 2.66. The number of amides is 1. The quantitative estimate of drug-likeness (QED) is 0.848. The van der Waals surface area contributed by atoms with Crippen LogP contribution in [-0.4, -0.2) is 26.6 Å². The summed E-state index contributed by atoms with van der Waals surface area (Å²) < 4.78 is 36.3. The van der Waals surface area contributed by atoms with Crippen LogP contribution in [0.2, 0.25) is 5.02 Å². The molecule has 4 nitrogen and oxygen atoms in total. The van der Waals surface area contributed by atoms with E-state index in [4.69, 9.17) is 11.6 Å². The Morgan fingerprint density at radius 3 is 2.75 bits per heavy atom. The Morgan fingerprint density at radius 1 is 1.35 bits per heavy atom. The van der Waals surface area contributed by atoms with Crippen molar-refractivity contribution in [1.82, 2.24) is 5.32 Å². The lowest BCUT2D eigenvalue weighted by atomic mass is 10.2. The molecule has 1 aliphatic rings. The van der Waals surface area contributed by atoms with Crippen LogP contribution in [0.25, 0.3) is 6.08 Å². The molecule has 1 fully saturated rings. The second-order valence-electron chi connectivity index (χ2n) is 4.13. The second-order valence-corrected chi connectivity index (χ2v) is 6.62. The molecule has 0 aromatic heterocycles. The molecule has 1 amide bonds. The molecule has 1 aromatic carbocycles. The summed E-state index contributed by atoms with van der Waals surface area (Å²) >= 11 is 5.83. The van der Waals surface area contributed by atoms with Gasteiger partial charge in [0.2, 0.25) is 0 Å². The van der Waals surface area contributed by atoms with E-state index >= 15 is 0 Å². The van der Waals surface area contributed by atoms with Crippen molar-refractivity contribution in [2.75, 3.05) is 12.3 Å². The van der Waals surface area contributed by atoms with E-state index in [1.165, 1.54) is 30.4 Å². The lowest BCUT2D eigenvalue weighted by Gasteiger charge is -2.14. The first-order chi connectivity index (χ1) is 9.40. The van der Waals surface area contributed by atoms with Gasteiger partial charge in [-0.15, -0.1) is 0 Å². The molecule has 106 valence electrons. The van der Waals surface area contributed by atoms with Crippen molar-refractivity contribution >= 4 is 33.4 Å². The zero-order valence-corrected chi connectivity index (χ0v) is 11.8. The van der Waals surface area contributed by atoms with Gasteiger partial charge in [0.15, 0.2) is 9.84 Å². The third-order valence-electron chi connectivity index (χ3n) is 2.70. The number of rotatable bonds is 2. The fourth-order valence-electron chi connectivity index (χ4n) is 1.69. The normalized spacial score (nSPS) is 20.3. The maximum absolute atomic E-state index is 12.9. The predicted molar refractivity (Wildman–Crippen MR) is 75.3 cm³/mol. The number of nitrogens with one attached hydrogen (secondary N) is 1. The first kappa shape index (κ1) is 14.7. The molecule has 1 heterocycles. The third-order valence-corrected chi connectivity index (χ3v) is 4.76. The Kier molecular flexibility index (Phi) is 4.25. The minimum absolute atomic E-state index is 0.115. The van der Waals surface area contributed by atoms with Crippen LogP contribution in [0.4, 0.5) is 4.39 Å². The summed E-state index contributed by atoms with van der Waals surface area (Å²) in [4.78, 5) is 11.2. The van der Waals surface area contributed by atoms with Crippen LogP contribution in [0.3, 0.4) is 0 Å². The first-order valence-electron chi connectivity index (χ1n) is 5.74. The molecule has 1 aliphatic heterocycles. The maximum Gasteiger partial charge on any atom is 0.262 e. The highest BCUT2D eigenvalue weighted by Gasteiger charge is 2.28. The number of carbonyl (C=O) groups excluding carboxylic acids is 1. The second kappa shape index (κ2) is 5.76. The molecule has 1 aromatic rings. The van der Waals surface area contributed by atoms with Gasteiger partial charge in [0, 0.05) is 6.54 Å². The van der Waals surface area contributed by atoms with Crippen molar-refractivity contribution in [3.05, 3.63) is 51.7 Å². The number of benzene rings is 1. The highest BCUT2D eigenvalue weighted by Crippen LogP contribution is 2.19. The van der Waals surface area contributed by atoms with Gasteiger partial charge in [-0.05, 0) is 23.8 Å². The van der Waals surface area contributed by atoms with Crippen LogP contribution in [-0.2, 0) is 14.6 Å². The van der Waals surface area contributed by atoms with Crippen molar-refractivity contribution < 1.29 is 17.6 Å². The number of sulfone groups is 1. The largest absolute Gasteiger partial charge is 0.350 e. The molecule has 20 heavy (non-hydrogen) atoms. The average molecular weight is 316 g/mol. The van der Waals surface area contributed by atoms with Gasteiger partial charge in [-0.1, -0.05) is 29.8 Å². The molecule has 0 aliphatic carbocycles. The minimum atomic E-state index is -3.54. The molecular weight excluding hydrogens is 305 g/mol. The Bertz CT molecular complexity index is 710. The van der Waals surface area contributed by atoms with E-state index in [-0.39, 0.29) is 22.2 Å². The molecule has 7 heteroatoms. The van der Waals surface area contributed by atoms with Crippen molar-refractivity contribution in [2.45, 2.75) is 0 Å². The van der Waals surface area contributed by atoms with Gasteiger partial charge in [0.25, 0.3) is 5.91 Å². The van der Waals surface area contributed by atoms with Crippen molar-refractivity contribution in [3.63, 3.8) is 0 Å². The van der Waals surface area contributed by atoms with Gasteiger partial charge in [-0.3, -0.25) is 4.79 Å². The summed E-state index contributed by atoms with van der Waals surface area (Å²) in [6, 6.07) is 3.85. The topological polar surface area (TPSA) is 63.2 Å². The standard InChI is InChI=1S/C13H11ClFNO3S/c14-11-8-10(15)5-4-9(11)2-1-3-12-13(17)16-6-7-20(12,18)19/h1-5,8H,6-7H2,(H,16,17)/b2-1+,12-3+. The number of carbonyl (C=O) groups is 1. The molecule has 0 radical (unpaired) electrons. The van der Waals surface area contributed by atoms with E-state index in [0.29, 0.717) is 5.56 Å². The monoisotopic (exact) mass is 315 g/mol. The van der Waals surface area contributed by atoms with E-state index < -0.39 is 21.6 Å². The molecule has 0 bridgehead atoms. The van der Waals surface area contributed by atoms with Crippen molar-refractivity contribution in [2.24, 2.45) is 0 Å². The molecular formula is C13H11ClFNO3S. The van der Waals surface area contributed by atoms with Crippen molar-refractivity contribution in [1.29, 1.82) is 0 Å². The van der Waals surface area contributed by atoms with E-state index in [1.54, 1.807) is 0 Å². The summed E-state index contributed by atoms with van der Waals surface area (Å²) in [5.74, 6) is -1.19. The summed E-state index contributed by atoms with van der Waals surface area (Å²) in [6.07, 6.45) is 4.12. The summed E-state index contributed by atoms with van der Waals surface area (Å²) in [6.45, 7) is 0.117. The van der Waals surface area contributed by atoms with E-state index in [0.717, 1.165) is 6.07 Å². The maximum atomic E-state index is 12.9. The Labute approximate surface area is 120 Å². The van der Waals surface area contributed by atoms with Crippen LogP contribution in [0.5, 0.6) is 0 Å². The Morgan fingerprint density at radius 2 is 2.10 bits per heavy atom. The lowest BCUT2D eigenvalue weighted by Crippen LogP contribution is -2.39. The van der Waals surface area contributed by atoms with Crippen LogP contribution >= 0.6 is 11.6 Å². The molecule has 0 spiro atoms. The molecule has 0 saturated carbocycles. The number of allylic oxidation sites excluding steroid dienone is 2. The first-order valence-corrected chi connectivity index (χ1v) is 7.77. The summed E-state index contributed by atoms with van der Waals surface area (Å²) in [5.41, 5.74) is 0.526. The number of hydrogen-bond donors (Lipinski definition) is 1. The zero-order chi connectivity index (χ0) is 14.8. The third kappa shape index (κ3) is 3.26. The summed E-state index contributed by atoms with van der Waals surface area (Å²) in [7, 11) is -3.54. The average Bonchev–Trinajstić information content (AvgIpc) is 2.34. The van der Waals surface area contributed by atoms with Gasteiger partial charge in [-0.25, -0.2) is 12.8 Å². The van der Waals surface area contributed by atoms with Gasteiger partial charge >= 0.3 is 0 Å². The van der Waals surface area contributed by atoms with E-state index in [1.807, 2.05) is 0 Å². The Balaban J connectivity index is 2.27. The zero-order valence-electron chi connectivity index (χ0n) is 10.3. The van der Waals surface area contributed by atoms with E-state index in [9.17, 15) is 17.6 Å². The SMILES string of the molecule is O=C1NCCS(=O)(=O)/C1=C/C=C/c1ccc(F)cc1Cl. The molecule has 0 unspecified atom stereocenters. The van der Waals surface area contributed by atoms with Crippen LogP contribution < -0.4 is 5.32 Å². The number of hydrogen-bond acceptors (Lipinski definition) is 3.